The number of piperazine rings is 1. The molecule has 21 heavy (non-hydrogen) atoms. The summed E-state index contributed by atoms with van der Waals surface area (Å²) in [6, 6.07) is 0. The van der Waals surface area contributed by atoms with E-state index in [2.05, 4.69) is 22.0 Å². The van der Waals surface area contributed by atoms with E-state index in [1.807, 2.05) is 0 Å². The van der Waals surface area contributed by atoms with Crippen LogP contribution in [0.25, 0.3) is 0 Å². The van der Waals surface area contributed by atoms with Crippen molar-refractivity contribution < 1.29 is 8.42 Å². The summed E-state index contributed by atoms with van der Waals surface area (Å²) in [5, 5.41) is 6.76. The van der Waals surface area contributed by atoms with Gasteiger partial charge in [0.15, 0.2) is 0 Å². The van der Waals surface area contributed by atoms with Gasteiger partial charge in [-0.1, -0.05) is 19.8 Å². The van der Waals surface area contributed by atoms with E-state index in [1.165, 1.54) is 19.3 Å². The number of rotatable bonds is 6. The van der Waals surface area contributed by atoms with E-state index in [9.17, 15) is 8.42 Å². The maximum absolute atomic E-state index is 12.7. The number of aryl methyl sites for hydroxylation is 2. The third-order valence-electron chi connectivity index (χ3n) is 4.07. The maximum atomic E-state index is 12.7. The van der Waals surface area contributed by atoms with Crippen LogP contribution in [-0.2, 0) is 10.0 Å². The molecule has 1 aromatic rings. The van der Waals surface area contributed by atoms with Crippen molar-refractivity contribution in [3.8, 4) is 0 Å². The zero-order chi connectivity index (χ0) is 15.5. The molecule has 1 aromatic heterocycles. The molecule has 0 unspecified atom stereocenters. The SMILES string of the molecule is CCCCCN1CCN(S(=O)(=O)c2c(C)n[nH]c2C)CC1. The highest BCUT2D eigenvalue weighted by atomic mass is 32.2. The van der Waals surface area contributed by atoms with Gasteiger partial charge in [0.1, 0.15) is 4.90 Å². The van der Waals surface area contributed by atoms with Crippen molar-refractivity contribution in [1.29, 1.82) is 0 Å². The third kappa shape index (κ3) is 3.64. The van der Waals surface area contributed by atoms with Crippen LogP contribution < -0.4 is 0 Å². The molecule has 7 heteroatoms. The molecule has 0 saturated carbocycles. The highest BCUT2D eigenvalue weighted by Gasteiger charge is 2.31. The topological polar surface area (TPSA) is 69.3 Å². The van der Waals surface area contributed by atoms with E-state index in [-0.39, 0.29) is 0 Å². The summed E-state index contributed by atoms with van der Waals surface area (Å²) < 4.78 is 27.0. The summed E-state index contributed by atoms with van der Waals surface area (Å²) in [6.45, 7) is 9.53. The minimum atomic E-state index is -3.42. The van der Waals surface area contributed by atoms with Crippen LogP contribution in [0, 0.1) is 13.8 Å². The van der Waals surface area contributed by atoms with Crippen molar-refractivity contribution >= 4 is 10.0 Å². The van der Waals surface area contributed by atoms with Crippen LogP contribution in [0.4, 0.5) is 0 Å². The van der Waals surface area contributed by atoms with E-state index < -0.39 is 10.0 Å². The lowest BCUT2D eigenvalue weighted by Crippen LogP contribution is -2.48. The Balaban J connectivity index is 1.98. The molecule has 2 heterocycles. The Bertz CT molecular complexity index is 540. The molecule has 1 saturated heterocycles. The van der Waals surface area contributed by atoms with Gasteiger partial charge in [-0.2, -0.15) is 9.40 Å². The predicted molar refractivity (Wildman–Crippen MR) is 82.8 cm³/mol. The molecule has 0 bridgehead atoms. The van der Waals surface area contributed by atoms with E-state index in [0.717, 1.165) is 19.6 Å². The van der Waals surface area contributed by atoms with Gasteiger partial charge >= 0.3 is 0 Å². The lowest BCUT2D eigenvalue weighted by molar-refractivity contribution is 0.185. The molecule has 1 N–H and O–H groups in total. The van der Waals surface area contributed by atoms with Gasteiger partial charge in [-0.3, -0.25) is 5.10 Å². The van der Waals surface area contributed by atoms with E-state index in [0.29, 0.717) is 29.4 Å². The van der Waals surface area contributed by atoms with Crippen molar-refractivity contribution in [2.24, 2.45) is 0 Å². The van der Waals surface area contributed by atoms with Crippen molar-refractivity contribution in [3.63, 3.8) is 0 Å². The zero-order valence-corrected chi connectivity index (χ0v) is 14.0. The van der Waals surface area contributed by atoms with Crippen molar-refractivity contribution in [1.82, 2.24) is 19.4 Å². The molecule has 0 spiro atoms. The molecular formula is C14H26N4O2S. The van der Waals surface area contributed by atoms with Crippen molar-refractivity contribution in [2.45, 2.75) is 44.9 Å². The Hall–Kier alpha value is -0.920. The molecule has 1 aliphatic heterocycles. The molecule has 0 aliphatic carbocycles. The highest BCUT2D eigenvalue weighted by Crippen LogP contribution is 2.22. The number of nitrogens with one attached hydrogen (secondary N) is 1. The van der Waals surface area contributed by atoms with Crippen LogP contribution in [0.2, 0.25) is 0 Å². The Kier molecular flexibility index (Phi) is 5.40. The van der Waals surface area contributed by atoms with E-state index in [1.54, 1.807) is 18.2 Å². The Morgan fingerprint density at radius 3 is 2.33 bits per heavy atom. The first kappa shape index (κ1) is 16.5. The summed E-state index contributed by atoms with van der Waals surface area (Å²) in [4.78, 5) is 2.71. The summed E-state index contributed by atoms with van der Waals surface area (Å²) in [5.41, 5.74) is 1.18. The number of nitrogens with zero attached hydrogens (tertiary/aromatic N) is 3. The second-order valence-electron chi connectivity index (χ2n) is 5.72. The van der Waals surface area contributed by atoms with Crippen LogP contribution in [0.5, 0.6) is 0 Å². The van der Waals surface area contributed by atoms with Gasteiger partial charge < -0.3 is 4.90 Å². The molecule has 0 radical (unpaired) electrons. The molecule has 2 rings (SSSR count). The number of sulfonamides is 1. The summed E-state index contributed by atoms with van der Waals surface area (Å²) in [7, 11) is -3.42. The van der Waals surface area contributed by atoms with Gasteiger partial charge in [0, 0.05) is 26.2 Å². The average Bonchev–Trinajstić information content (AvgIpc) is 2.79. The van der Waals surface area contributed by atoms with E-state index >= 15 is 0 Å². The summed E-state index contributed by atoms with van der Waals surface area (Å²) in [6.07, 6.45) is 3.66. The molecule has 0 amide bonds. The maximum Gasteiger partial charge on any atom is 0.246 e. The first-order chi connectivity index (χ1) is 9.96. The van der Waals surface area contributed by atoms with Crippen LogP contribution in [-0.4, -0.2) is 60.5 Å². The molecule has 1 fully saturated rings. The summed E-state index contributed by atoms with van der Waals surface area (Å²) in [5.74, 6) is 0. The summed E-state index contributed by atoms with van der Waals surface area (Å²) >= 11 is 0. The predicted octanol–water partition coefficient (Wildman–Crippen LogP) is 1.52. The van der Waals surface area contributed by atoms with Crippen molar-refractivity contribution in [3.05, 3.63) is 11.4 Å². The number of H-pyrrole nitrogens is 1. The lowest BCUT2D eigenvalue weighted by Gasteiger charge is -2.34. The number of hydrogen-bond acceptors (Lipinski definition) is 4. The second kappa shape index (κ2) is 6.89. The molecule has 6 nitrogen and oxygen atoms in total. The van der Waals surface area contributed by atoms with Gasteiger partial charge in [-0.05, 0) is 26.8 Å². The zero-order valence-electron chi connectivity index (χ0n) is 13.2. The minimum Gasteiger partial charge on any atom is -0.301 e. The number of hydrogen-bond donors (Lipinski definition) is 1. The standard InChI is InChI=1S/C14H26N4O2S/c1-4-5-6-7-17-8-10-18(11-9-17)21(19,20)14-12(2)15-16-13(14)3/h4-11H2,1-3H3,(H,15,16). The lowest BCUT2D eigenvalue weighted by atomic mass is 10.2. The molecule has 1 aliphatic rings. The molecule has 0 aromatic carbocycles. The smallest absolute Gasteiger partial charge is 0.246 e. The van der Waals surface area contributed by atoms with Crippen LogP contribution in [0.15, 0.2) is 4.90 Å². The average molecular weight is 314 g/mol. The Morgan fingerprint density at radius 2 is 1.81 bits per heavy atom. The van der Waals surface area contributed by atoms with Gasteiger partial charge in [-0.25, -0.2) is 8.42 Å². The first-order valence-electron chi connectivity index (χ1n) is 7.71. The quantitative estimate of drug-likeness (QED) is 0.808. The third-order valence-corrected chi connectivity index (χ3v) is 6.23. The monoisotopic (exact) mass is 314 g/mol. The van der Waals surface area contributed by atoms with Gasteiger partial charge in [0.2, 0.25) is 10.0 Å². The van der Waals surface area contributed by atoms with Crippen LogP contribution in [0.1, 0.15) is 37.6 Å². The normalized spacial score (nSPS) is 18.2. The number of aromatic nitrogens is 2. The second-order valence-corrected chi connectivity index (χ2v) is 7.59. The van der Waals surface area contributed by atoms with Gasteiger partial charge in [0.25, 0.3) is 0 Å². The van der Waals surface area contributed by atoms with Gasteiger partial charge in [-0.15, -0.1) is 0 Å². The van der Waals surface area contributed by atoms with Crippen molar-refractivity contribution in [2.75, 3.05) is 32.7 Å². The first-order valence-corrected chi connectivity index (χ1v) is 9.15. The fraction of sp³-hybridized carbons (Fsp3) is 0.786. The molecular weight excluding hydrogens is 288 g/mol. The van der Waals surface area contributed by atoms with Crippen LogP contribution in [0.3, 0.4) is 0 Å². The van der Waals surface area contributed by atoms with E-state index in [4.69, 9.17) is 0 Å². The minimum absolute atomic E-state index is 0.349. The Labute approximate surface area is 127 Å². The fourth-order valence-electron chi connectivity index (χ4n) is 2.83. The molecule has 120 valence electrons. The van der Waals surface area contributed by atoms with Gasteiger partial charge in [0.05, 0.1) is 11.4 Å². The number of unbranched alkanes of at least 4 members (excludes halogenated alkanes) is 2. The number of aromatic amines is 1. The fourth-order valence-corrected chi connectivity index (χ4v) is 4.58. The van der Waals surface area contributed by atoms with Crippen LogP contribution >= 0.6 is 0 Å². The highest BCUT2D eigenvalue weighted by molar-refractivity contribution is 7.89. The molecule has 0 atom stereocenters. The largest absolute Gasteiger partial charge is 0.301 e. The Morgan fingerprint density at radius 1 is 1.14 bits per heavy atom.